The first kappa shape index (κ1) is 27.8. The molecule has 3 N–H and O–H groups in total. The van der Waals surface area contributed by atoms with Crippen molar-refractivity contribution in [2.75, 3.05) is 13.6 Å². The number of rotatable bonds is 8. The zero-order valence-electron chi connectivity index (χ0n) is 22.5. The van der Waals surface area contributed by atoms with Gasteiger partial charge < -0.3 is 20.9 Å². The first-order chi connectivity index (χ1) is 16.9. The number of likely N-dealkylation sites (N-methyl/N-ethyl adjacent to an activating group) is 1. The van der Waals surface area contributed by atoms with Gasteiger partial charge >= 0.3 is 0 Å². The molecule has 1 aromatic rings. The highest BCUT2D eigenvalue weighted by Crippen LogP contribution is 2.36. The molecule has 8 heteroatoms. The quantitative estimate of drug-likeness (QED) is 0.510. The minimum absolute atomic E-state index is 0.0143. The molecule has 1 aromatic carbocycles. The van der Waals surface area contributed by atoms with E-state index in [4.69, 9.17) is 0 Å². The van der Waals surface area contributed by atoms with Crippen LogP contribution in [0.15, 0.2) is 24.3 Å². The number of hydrogen-bond acceptors (Lipinski definition) is 5. The van der Waals surface area contributed by atoms with Gasteiger partial charge in [-0.15, -0.1) is 0 Å². The van der Waals surface area contributed by atoms with Gasteiger partial charge in [0.1, 0.15) is 6.04 Å². The molecule has 0 bridgehead atoms. The predicted molar refractivity (Wildman–Crippen MR) is 139 cm³/mol. The number of carbonyl (C=O) groups excluding carboxylic acids is 4. The second-order valence-electron chi connectivity index (χ2n) is 11.4. The molecule has 2 aliphatic rings. The minimum atomic E-state index is -0.803. The fourth-order valence-electron chi connectivity index (χ4n) is 5.44. The lowest BCUT2D eigenvalue weighted by Crippen LogP contribution is -2.59. The molecule has 0 unspecified atom stereocenters. The van der Waals surface area contributed by atoms with Gasteiger partial charge in [-0.25, -0.2) is 0 Å². The van der Waals surface area contributed by atoms with Crippen molar-refractivity contribution < 1.29 is 19.2 Å². The van der Waals surface area contributed by atoms with Crippen molar-refractivity contribution in [1.29, 1.82) is 0 Å². The monoisotopic (exact) mass is 498 g/mol. The molecule has 1 saturated heterocycles. The van der Waals surface area contributed by atoms with Gasteiger partial charge in [-0.3, -0.25) is 19.2 Å². The lowest BCUT2D eigenvalue weighted by atomic mass is 9.79. The van der Waals surface area contributed by atoms with Crippen LogP contribution in [0.25, 0.3) is 0 Å². The van der Waals surface area contributed by atoms with Gasteiger partial charge in [-0.2, -0.15) is 0 Å². The first-order valence-corrected chi connectivity index (χ1v) is 13.1. The molecule has 0 radical (unpaired) electrons. The summed E-state index contributed by atoms with van der Waals surface area (Å²) < 4.78 is 0. The number of fused-ring (bicyclic) bond motifs is 1. The van der Waals surface area contributed by atoms with Crippen molar-refractivity contribution in [3.05, 3.63) is 35.4 Å². The number of nitrogens with zero attached hydrogens (tertiary/aromatic N) is 1. The van der Waals surface area contributed by atoms with E-state index in [9.17, 15) is 19.2 Å². The predicted octanol–water partition coefficient (Wildman–Crippen LogP) is 2.31. The van der Waals surface area contributed by atoms with Crippen LogP contribution in [0.1, 0.15) is 77.3 Å². The van der Waals surface area contributed by atoms with Crippen molar-refractivity contribution in [3.63, 3.8) is 0 Å². The van der Waals surface area contributed by atoms with Crippen molar-refractivity contribution in [1.82, 2.24) is 20.9 Å². The minimum Gasteiger partial charge on any atom is -0.352 e. The normalized spacial score (nSPS) is 23.4. The number of nitrogens with one attached hydrogen (secondary N) is 3. The molecule has 36 heavy (non-hydrogen) atoms. The molecule has 0 aromatic heterocycles. The third kappa shape index (κ3) is 6.52. The summed E-state index contributed by atoms with van der Waals surface area (Å²) in [7, 11) is 1.69. The van der Waals surface area contributed by atoms with Crippen molar-refractivity contribution in [2.24, 2.45) is 5.41 Å². The van der Waals surface area contributed by atoms with E-state index < -0.39 is 23.5 Å². The largest absolute Gasteiger partial charge is 0.352 e. The van der Waals surface area contributed by atoms with E-state index in [1.165, 1.54) is 18.1 Å². The fraction of sp³-hybridized carbons (Fsp3) is 0.643. The van der Waals surface area contributed by atoms with E-state index in [0.29, 0.717) is 12.8 Å². The summed E-state index contributed by atoms with van der Waals surface area (Å²) >= 11 is 0. The highest BCUT2D eigenvalue weighted by atomic mass is 16.2. The Hall–Kier alpha value is -2.74. The number of ketones is 1. The summed E-state index contributed by atoms with van der Waals surface area (Å²) in [4.78, 5) is 53.7. The average Bonchev–Trinajstić information content (AvgIpc) is 3.24. The third-order valence-electron chi connectivity index (χ3n) is 7.53. The highest BCUT2D eigenvalue weighted by Gasteiger charge is 2.45. The van der Waals surface area contributed by atoms with Crippen molar-refractivity contribution in [3.8, 4) is 0 Å². The first-order valence-electron chi connectivity index (χ1n) is 13.1. The summed E-state index contributed by atoms with van der Waals surface area (Å²) in [5, 5.41) is 8.70. The molecule has 1 heterocycles. The Bertz CT molecular complexity index is 986. The highest BCUT2D eigenvalue weighted by molar-refractivity contribution is 5.95. The maximum Gasteiger partial charge on any atom is 0.246 e. The second-order valence-corrected chi connectivity index (χ2v) is 11.4. The zero-order valence-corrected chi connectivity index (χ0v) is 22.5. The number of Topliss-reactive ketones (excluding diaryl/α,β-unsaturated/α-hetero) is 1. The average molecular weight is 499 g/mol. The summed E-state index contributed by atoms with van der Waals surface area (Å²) in [5.74, 6) is -0.598. The summed E-state index contributed by atoms with van der Waals surface area (Å²) in [5.41, 5.74) is 1.96. The Labute approximate surface area is 215 Å². The molecule has 1 fully saturated rings. The molecule has 3 amide bonds. The van der Waals surface area contributed by atoms with Gasteiger partial charge in [0.15, 0.2) is 5.78 Å². The number of aryl methyl sites for hydroxylation is 1. The van der Waals surface area contributed by atoms with Crippen LogP contribution in [0.4, 0.5) is 0 Å². The van der Waals surface area contributed by atoms with E-state index >= 15 is 0 Å². The summed E-state index contributed by atoms with van der Waals surface area (Å²) in [6.07, 6.45) is 3.76. The number of carbonyl (C=O) groups is 4. The Balaban J connectivity index is 1.85. The molecule has 8 nitrogen and oxygen atoms in total. The molecule has 0 spiro atoms. The van der Waals surface area contributed by atoms with Gasteiger partial charge in [-0.05, 0) is 62.1 Å². The number of likely N-dealkylation sites (tertiary alicyclic amines) is 1. The number of benzene rings is 1. The second kappa shape index (κ2) is 11.5. The number of hydrogen-bond donors (Lipinski definition) is 3. The Kier molecular flexibility index (Phi) is 8.93. The summed E-state index contributed by atoms with van der Waals surface area (Å²) in [6.45, 7) is 9.12. The molecule has 3 rings (SSSR count). The van der Waals surface area contributed by atoms with E-state index in [0.717, 1.165) is 19.3 Å². The lowest BCUT2D eigenvalue weighted by molar-refractivity contribution is -0.143. The standard InChI is InChI=1S/C28H42N4O4/c1-17(29-6)26(35)31-25(28(3,4)5)27(36)32-16-21(30-18(2)33)15-23(32)24(34)14-20-12-9-11-19-10-7-8-13-22(19)20/h7-8,10,13,17,20-21,23,25,29H,9,11-12,14-16H2,1-6H3,(H,30,33)(H,31,35)/t17-,20-,21-,23-,25+/m0/s1. The topological polar surface area (TPSA) is 108 Å². The molecule has 5 atom stereocenters. The van der Waals surface area contributed by atoms with Crippen molar-refractivity contribution in [2.45, 2.75) is 96.8 Å². The van der Waals surface area contributed by atoms with Crippen LogP contribution in [0, 0.1) is 5.41 Å². The maximum absolute atomic E-state index is 13.9. The van der Waals surface area contributed by atoms with Crippen LogP contribution in [-0.2, 0) is 25.6 Å². The molecular formula is C28H42N4O4. The van der Waals surface area contributed by atoms with Crippen LogP contribution < -0.4 is 16.0 Å². The maximum atomic E-state index is 13.9. The van der Waals surface area contributed by atoms with Crippen LogP contribution in [0.3, 0.4) is 0 Å². The van der Waals surface area contributed by atoms with Crippen molar-refractivity contribution >= 4 is 23.5 Å². The van der Waals surface area contributed by atoms with E-state index in [1.54, 1.807) is 18.9 Å². The van der Waals surface area contributed by atoms with Crippen LogP contribution in [-0.4, -0.2) is 66.2 Å². The van der Waals surface area contributed by atoms with Crippen LogP contribution in [0.2, 0.25) is 0 Å². The summed E-state index contributed by atoms with van der Waals surface area (Å²) in [6, 6.07) is 6.10. The van der Waals surface area contributed by atoms with Crippen LogP contribution in [0.5, 0.6) is 0 Å². The van der Waals surface area contributed by atoms with E-state index in [1.807, 2.05) is 32.9 Å². The van der Waals surface area contributed by atoms with Crippen LogP contribution >= 0.6 is 0 Å². The molecular weight excluding hydrogens is 456 g/mol. The lowest BCUT2D eigenvalue weighted by Gasteiger charge is -2.36. The van der Waals surface area contributed by atoms with Gasteiger partial charge in [0.25, 0.3) is 0 Å². The molecule has 1 aliphatic carbocycles. The van der Waals surface area contributed by atoms with E-state index in [2.05, 4.69) is 28.1 Å². The Morgan fingerprint density at radius 3 is 2.47 bits per heavy atom. The Morgan fingerprint density at radius 1 is 1.14 bits per heavy atom. The van der Waals surface area contributed by atoms with Gasteiger partial charge in [0.2, 0.25) is 17.7 Å². The zero-order chi connectivity index (χ0) is 26.6. The van der Waals surface area contributed by atoms with Gasteiger partial charge in [-0.1, -0.05) is 45.0 Å². The third-order valence-corrected chi connectivity index (χ3v) is 7.53. The van der Waals surface area contributed by atoms with Gasteiger partial charge in [0, 0.05) is 25.9 Å². The molecule has 1 aliphatic heterocycles. The van der Waals surface area contributed by atoms with Gasteiger partial charge in [0.05, 0.1) is 12.1 Å². The SMILES string of the molecule is CN[C@@H](C)C(=O)N[C@H](C(=O)N1C[C@@H](NC(C)=O)C[C@H]1C(=O)C[C@@H]1CCCc2ccccc21)C(C)(C)C. The fourth-order valence-corrected chi connectivity index (χ4v) is 5.44. The molecule has 0 saturated carbocycles. The molecule has 198 valence electrons. The van der Waals surface area contributed by atoms with E-state index in [-0.39, 0.29) is 42.0 Å². The Morgan fingerprint density at radius 2 is 1.83 bits per heavy atom. The number of amides is 3. The smallest absolute Gasteiger partial charge is 0.246 e.